The average Bonchev–Trinajstić information content (AvgIpc) is 3.53. The number of rotatable bonds is 7. The number of aromatic nitrogens is 4. The van der Waals surface area contributed by atoms with E-state index >= 15 is 0 Å². The predicted molar refractivity (Wildman–Crippen MR) is 149 cm³/mol. The summed E-state index contributed by atoms with van der Waals surface area (Å²) in [5.74, 6) is -1.12. The van der Waals surface area contributed by atoms with E-state index in [0.29, 0.717) is 24.5 Å². The molecule has 0 radical (unpaired) electrons. The quantitative estimate of drug-likeness (QED) is 0.239. The zero-order valence-electron chi connectivity index (χ0n) is 22.4. The van der Waals surface area contributed by atoms with E-state index in [9.17, 15) is 18.8 Å². The molecule has 2 atom stereocenters. The number of halogens is 1. The lowest BCUT2D eigenvalue weighted by molar-refractivity contribution is -0.143. The van der Waals surface area contributed by atoms with Crippen LogP contribution in [0.25, 0.3) is 16.5 Å². The summed E-state index contributed by atoms with van der Waals surface area (Å²) in [6.45, 7) is 5.98. The molecule has 1 amide bonds. The Labute approximate surface area is 237 Å². The van der Waals surface area contributed by atoms with E-state index in [0.717, 1.165) is 15.3 Å². The molecule has 4 aromatic rings. The first kappa shape index (κ1) is 28.0. The molecule has 0 saturated carbocycles. The Morgan fingerprint density at radius 3 is 2.67 bits per heavy atom. The van der Waals surface area contributed by atoms with Gasteiger partial charge < -0.3 is 18.9 Å². The van der Waals surface area contributed by atoms with Crippen LogP contribution in [0.4, 0.5) is 4.39 Å². The van der Waals surface area contributed by atoms with Gasteiger partial charge in [-0.3, -0.25) is 14.4 Å². The highest BCUT2D eigenvalue weighted by Gasteiger charge is 2.27. The summed E-state index contributed by atoms with van der Waals surface area (Å²) < 4.78 is 27.6. The maximum Gasteiger partial charge on any atom is 0.308 e. The van der Waals surface area contributed by atoms with Gasteiger partial charge in [0.1, 0.15) is 17.4 Å². The Kier molecular flexibility index (Phi) is 8.06. The van der Waals surface area contributed by atoms with Gasteiger partial charge in [-0.2, -0.15) is 0 Å². The third-order valence-corrected chi connectivity index (χ3v) is 8.23. The summed E-state index contributed by atoms with van der Waals surface area (Å²) in [5.41, 5.74) is 0.462. The van der Waals surface area contributed by atoms with Crippen molar-refractivity contribution in [3.63, 3.8) is 0 Å². The molecule has 10 nitrogen and oxygen atoms in total. The van der Waals surface area contributed by atoms with E-state index < -0.39 is 11.5 Å². The van der Waals surface area contributed by atoms with Crippen LogP contribution in [-0.2, 0) is 27.3 Å². The third-order valence-electron chi connectivity index (χ3n) is 6.40. The summed E-state index contributed by atoms with van der Waals surface area (Å²) in [6.07, 6.45) is 6.99. The predicted octanol–water partition coefficient (Wildman–Crippen LogP) is 3.63. The second-order valence-electron chi connectivity index (χ2n) is 9.61. The van der Waals surface area contributed by atoms with Crippen LogP contribution in [0.3, 0.4) is 0 Å². The number of benzene rings is 1. The fraction of sp³-hybridized carbons (Fsp3) is 0.370. The number of thiazole rings is 1. The number of morpholine rings is 1. The Morgan fingerprint density at radius 2 is 1.98 bits per heavy atom. The molecule has 1 aliphatic heterocycles. The van der Waals surface area contributed by atoms with Crippen molar-refractivity contribution in [1.29, 1.82) is 0 Å². The molecule has 1 aromatic carbocycles. The maximum atomic E-state index is 13.7. The monoisotopic (exact) mass is 585 g/mol. The van der Waals surface area contributed by atoms with Crippen LogP contribution in [0.2, 0.25) is 0 Å². The lowest BCUT2D eigenvalue weighted by Gasteiger charge is -2.35. The minimum absolute atomic E-state index is 0.0279. The number of imidazole rings is 1. The Hall–Kier alpha value is -3.55. The van der Waals surface area contributed by atoms with Crippen molar-refractivity contribution >= 4 is 40.8 Å². The van der Waals surface area contributed by atoms with Gasteiger partial charge in [0.25, 0.3) is 0 Å². The van der Waals surface area contributed by atoms with Crippen molar-refractivity contribution in [1.82, 2.24) is 23.8 Å². The van der Waals surface area contributed by atoms with Gasteiger partial charge in [0.15, 0.2) is 5.69 Å². The number of carbonyl (C=O) groups excluding carboxylic acids is 2. The first-order valence-electron chi connectivity index (χ1n) is 12.6. The van der Waals surface area contributed by atoms with Gasteiger partial charge >= 0.3 is 11.5 Å². The van der Waals surface area contributed by atoms with Crippen LogP contribution in [0.1, 0.15) is 31.2 Å². The molecule has 40 heavy (non-hydrogen) atoms. The van der Waals surface area contributed by atoms with E-state index in [1.807, 2.05) is 20.1 Å². The minimum Gasteiger partial charge on any atom is -0.418 e. The molecule has 0 unspecified atom stereocenters. The molecular weight excluding hydrogens is 557 g/mol. The van der Waals surface area contributed by atoms with Crippen LogP contribution in [-0.4, -0.2) is 67.3 Å². The third kappa shape index (κ3) is 5.81. The molecule has 13 heteroatoms. The van der Waals surface area contributed by atoms with Crippen molar-refractivity contribution in [3.05, 3.63) is 63.4 Å². The zero-order chi connectivity index (χ0) is 28.6. The molecule has 210 valence electrons. The molecule has 1 fully saturated rings. The maximum absolute atomic E-state index is 13.7. The van der Waals surface area contributed by atoms with E-state index in [1.54, 1.807) is 27.9 Å². The summed E-state index contributed by atoms with van der Waals surface area (Å²) in [6, 6.07) is 4.64. The van der Waals surface area contributed by atoms with Crippen molar-refractivity contribution in [2.75, 3.05) is 19.3 Å². The number of nitrogens with zero attached hydrogens (tertiary/aromatic N) is 5. The smallest absolute Gasteiger partial charge is 0.308 e. The summed E-state index contributed by atoms with van der Waals surface area (Å²) in [7, 11) is 0. The van der Waals surface area contributed by atoms with Crippen LogP contribution in [0.15, 0.2) is 46.5 Å². The highest BCUT2D eigenvalue weighted by molar-refractivity contribution is 7.98. The second-order valence-corrected chi connectivity index (χ2v) is 11.6. The largest absolute Gasteiger partial charge is 0.418 e. The van der Waals surface area contributed by atoms with Gasteiger partial charge in [-0.25, -0.2) is 18.8 Å². The number of fused-ring (bicyclic) bond motifs is 1. The van der Waals surface area contributed by atoms with Crippen molar-refractivity contribution in [3.8, 4) is 16.5 Å². The lowest BCUT2D eigenvalue weighted by Crippen LogP contribution is -2.49. The average molecular weight is 586 g/mol. The van der Waals surface area contributed by atoms with Gasteiger partial charge in [0, 0.05) is 54.8 Å². The van der Waals surface area contributed by atoms with Crippen LogP contribution >= 0.6 is 23.1 Å². The van der Waals surface area contributed by atoms with Crippen LogP contribution < -0.4 is 10.3 Å². The molecular formula is C27H28FN5O5S2. The van der Waals surface area contributed by atoms with Gasteiger partial charge in [0.2, 0.25) is 17.4 Å². The Morgan fingerprint density at radius 1 is 1.23 bits per heavy atom. The van der Waals surface area contributed by atoms with Gasteiger partial charge in [-0.15, -0.1) is 23.1 Å². The van der Waals surface area contributed by atoms with E-state index in [1.165, 1.54) is 52.8 Å². The standard InChI is InChI=1S/C27H28FN5O5S2/c1-15-12-32(13-16(2)37-15)22(35)14-31-7-8-33-26(36)24(38-17(3)34)23(30-27(31)33)25-29-11-20(40-25)9-18-5-6-19(28)10-21(18)39-4/h5-8,10-11,15-16H,9,12-14H2,1-4H3/t15-,16-/m1/s1. The topological polar surface area (TPSA) is 108 Å². The summed E-state index contributed by atoms with van der Waals surface area (Å²) >= 11 is 2.75. The molecule has 1 saturated heterocycles. The fourth-order valence-electron chi connectivity index (χ4n) is 4.74. The van der Waals surface area contributed by atoms with E-state index in [4.69, 9.17) is 9.47 Å². The highest BCUT2D eigenvalue weighted by atomic mass is 32.2. The Bertz CT molecular complexity index is 1640. The molecule has 0 N–H and O–H groups in total. The Balaban J connectivity index is 1.51. The summed E-state index contributed by atoms with van der Waals surface area (Å²) in [4.78, 5) is 51.0. The first-order chi connectivity index (χ1) is 19.1. The fourth-order valence-corrected chi connectivity index (χ4v) is 6.29. The molecule has 0 spiro atoms. The normalized spacial score (nSPS) is 17.4. The molecule has 1 aliphatic rings. The van der Waals surface area contributed by atoms with E-state index in [2.05, 4.69) is 9.97 Å². The molecule has 3 aromatic heterocycles. The van der Waals surface area contributed by atoms with Crippen molar-refractivity contribution < 1.29 is 23.5 Å². The molecule has 0 bridgehead atoms. The number of carbonyl (C=O) groups is 2. The number of ether oxygens (including phenoxy) is 2. The number of amides is 1. The van der Waals surface area contributed by atoms with Crippen LogP contribution in [0.5, 0.6) is 5.75 Å². The zero-order valence-corrected chi connectivity index (χ0v) is 24.1. The minimum atomic E-state index is -0.669. The van der Waals surface area contributed by atoms with Gasteiger partial charge in [0.05, 0.1) is 12.2 Å². The van der Waals surface area contributed by atoms with Gasteiger partial charge in [-0.05, 0) is 37.8 Å². The highest BCUT2D eigenvalue weighted by Crippen LogP contribution is 2.32. The molecule has 0 aliphatic carbocycles. The number of hydrogen-bond donors (Lipinski definition) is 0. The van der Waals surface area contributed by atoms with Crippen molar-refractivity contribution in [2.45, 2.75) is 50.8 Å². The lowest BCUT2D eigenvalue weighted by atomic mass is 10.1. The number of hydrogen-bond acceptors (Lipinski definition) is 9. The number of thioether (sulfide) groups is 1. The van der Waals surface area contributed by atoms with Gasteiger partial charge in [-0.1, -0.05) is 6.07 Å². The first-order valence-corrected chi connectivity index (χ1v) is 14.7. The SMILES string of the molecule is CSc1cc(F)ccc1Cc1cnc(-c2nc3n(CC(=O)N4C[C@@H](C)O[C@H](C)C4)ccn3c(=O)c2OC(C)=O)s1. The number of esters is 1. The summed E-state index contributed by atoms with van der Waals surface area (Å²) in [5, 5.41) is 0.383. The second kappa shape index (κ2) is 11.5. The van der Waals surface area contributed by atoms with E-state index in [-0.39, 0.29) is 47.7 Å². The molecule has 4 heterocycles. The van der Waals surface area contributed by atoms with Crippen molar-refractivity contribution in [2.24, 2.45) is 0 Å². The molecule has 5 rings (SSSR count). The van der Waals surface area contributed by atoms with Crippen LogP contribution in [0, 0.1) is 5.82 Å².